The molecule has 5 nitrogen and oxygen atoms in total. The highest BCUT2D eigenvalue weighted by molar-refractivity contribution is 5.90. The van der Waals surface area contributed by atoms with Gasteiger partial charge >= 0.3 is 0 Å². The standard InChI is InChI=1S/C22H20N2O3/c1-10-5-12(3)21-17(6-10)27-18-9-15(23)20(13(4)22(18)24-21)19-11(2)7-14(25)8-16(19)26/h5-9,25-26H,1,23H2,2-4H3. The molecule has 3 aromatic rings. The Kier molecular flexibility index (Phi) is 3.63. The zero-order valence-electron chi connectivity index (χ0n) is 15.4. The molecule has 27 heavy (non-hydrogen) atoms. The molecule has 3 aromatic carbocycles. The highest BCUT2D eigenvalue weighted by Crippen LogP contribution is 2.48. The number of anilines is 1. The van der Waals surface area contributed by atoms with Gasteiger partial charge in [0.2, 0.25) is 0 Å². The van der Waals surface area contributed by atoms with Crippen LogP contribution in [0.5, 0.6) is 23.0 Å². The van der Waals surface area contributed by atoms with Crippen LogP contribution in [0.1, 0.15) is 16.7 Å². The molecule has 5 heteroatoms. The van der Waals surface area contributed by atoms with Crippen LogP contribution < -0.4 is 21.0 Å². The van der Waals surface area contributed by atoms with E-state index in [1.165, 1.54) is 6.07 Å². The quantitative estimate of drug-likeness (QED) is 0.451. The molecule has 1 aliphatic rings. The van der Waals surface area contributed by atoms with Crippen molar-refractivity contribution in [3.63, 3.8) is 0 Å². The van der Waals surface area contributed by atoms with Gasteiger partial charge in [-0.15, -0.1) is 0 Å². The first-order chi connectivity index (χ1) is 12.8. The molecule has 0 fully saturated rings. The second-order valence-electron chi connectivity index (χ2n) is 6.94. The van der Waals surface area contributed by atoms with Gasteiger partial charge in [-0.3, -0.25) is 0 Å². The van der Waals surface area contributed by atoms with Crippen LogP contribution in [0.3, 0.4) is 0 Å². The van der Waals surface area contributed by atoms with E-state index in [-0.39, 0.29) is 11.5 Å². The first-order valence-corrected chi connectivity index (χ1v) is 8.58. The van der Waals surface area contributed by atoms with E-state index in [1.54, 1.807) is 12.1 Å². The molecule has 0 aliphatic carbocycles. The Balaban J connectivity index is 2.05. The Morgan fingerprint density at radius 1 is 0.926 bits per heavy atom. The number of fused-ring (bicyclic) bond motifs is 2. The van der Waals surface area contributed by atoms with Crippen molar-refractivity contribution in [2.24, 2.45) is 4.99 Å². The lowest BCUT2D eigenvalue weighted by Crippen LogP contribution is -2.18. The van der Waals surface area contributed by atoms with Crippen molar-refractivity contribution in [3.8, 4) is 34.1 Å². The van der Waals surface area contributed by atoms with Gasteiger partial charge in [0.1, 0.15) is 22.5 Å². The van der Waals surface area contributed by atoms with E-state index in [0.29, 0.717) is 34.0 Å². The summed E-state index contributed by atoms with van der Waals surface area (Å²) in [6, 6.07) is 8.44. The molecule has 4 N–H and O–H groups in total. The number of nitrogen functional groups attached to an aromatic ring is 1. The van der Waals surface area contributed by atoms with Crippen LogP contribution in [0, 0.1) is 20.8 Å². The van der Waals surface area contributed by atoms with Crippen LogP contribution in [-0.2, 0) is 0 Å². The molecule has 136 valence electrons. The second kappa shape index (κ2) is 5.77. The third-order valence-corrected chi connectivity index (χ3v) is 4.86. The monoisotopic (exact) mass is 360 g/mol. The summed E-state index contributed by atoms with van der Waals surface area (Å²) in [4.78, 5) is 4.81. The zero-order chi connectivity index (χ0) is 19.5. The number of phenols is 2. The number of benzene rings is 3. The van der Waals surface area contributed by atoms with E-state index in [2.05, 4.69) is 6.58 Å². The summed E-state index contributed by atoms with van der Waals surface area (Å²) in [5.41, 5.74) is 11.2. The van der Waals surface area contributed by atoms with Gasteiger partial charge in [-0.05, 0) is 54.8 Å². The van der Waals surface area contributed by atoms with Crippen molar-refractivity contribution in [2.75, 3.05) is 5.73 Å². The Labute approximate surface area is 156 Å². The van der Waals surface area contributed by atoms with Gasteiger partial charge in [-0.2, -0.15) is 0 Å². The van der Waals surface area contributed by atoms with Gasteiger partial charge in [0, 0.05) is 28.9 Å². The number of hydrogen-bond acceptors (Lipinski definition) is 5. The summed E-state index contributed by atoms with van der Waals surface area (Å²) in [6.07, 6.45) is 0. The van der Waals surface area contributed by atoms with Gasteiger partial charge in [0.05, 0.1) is 0 Å². The summed E-state index contributed by atoms with van der Waals surface area (Å²) in [7, 11) is 0. The van der Waals surface area contributed by atoms with Crippen molar-refractivity contribution >= 4 is 18.0 Å². The maximum Gasteiger partial charge on any atom is 0.155 e. The largest absolute Gasteiger partial charge is 0.508 e. The third-order valence-electron chi connectivity index (χ3n) is 4.86. The number of aromatic hydroxyl groups is 2. The van der Waals surface area contributed by atoms with Crippen LogP contribution in [0.2, 0.25) is 0 Å². The molecular formula is C22H20N2O3. The highest BCUT2D eigenvalue weighted by atomic mass is 16.5. The minimum atomic E-state index is -0.0303. The molecule has 0 bridgehead atoms. The van der Waals surface area contributed by atoms with Gasteiger partial charge < -0.3 is 20.7 Å². The van der Waals surface area contributed by atoms with Crippen molar-refractivity contribution in [1.29, 1.82) is 0 Å². The molecule has 0 amide bonds. The van der Waals surface area contributed by atoms with E-state index in [4.69, 9.17) is 15.5 Å². The summed E-state index contributed by atoms with van der Waals surface area (Å²) in [6.45, 7) is 9.65. The Bertz CT molecular complexity index is 1210. The van der Waals surface area contributed by atoms with Crippen molar-refractivity contribution in [2.45, 2.75) is 20.8 Å². The molecule has 0 radical (unpaired) electrons. The van der Waals surface area contributed by atoms with E-state index >= 15 is 0 Å². The van der Waals surface area contributed by atoms with Crippen LogP contribution >= 0.6 is 0 Å². The maximum atomic E-state index is 10.4. The predicted octanol–water partition coefficient (Wildman–Crippen LogP) is 3.74. The fourth-order valence-corrected chi connectivity index (χ4v) is 3.70. The fourth-order valence-electron chi connectivity index (χ4n) is 3.70. The number of rotatable bonds is 1. The van der Waals surface area contributed by atoms with Crippen molar-refractivity contribution in [1.82, 2.24) is 0 Å². The molecule has 0 atom stereocenters. The average molecular weight is 360 g/mol. The molecule has 4 rings (SSSR count). The van der Waals surface area contributed by atoms with Gasteiger partial charge in [-0.25, -0.2) is 4.99 Å². The highest BCUT2D eigenvalue weighted by Gasteiger charge is 2.23. The second-order valence-corrected chi connectivity index (χ2v) is 6.94. The minimum Gasteiger partial charge on any atom is -0.508 e. The Morgan fingerprint density at radius 3 is 2.37 bits per heavy atom. The smallest absolute Gasteiger partial charge is 0.155 e. The summed E-state index contributed by atoms with van der Waals surface area (Å²) >= 11 is 0. The summed E-state index contributed by atoms with van der Waals surface area (Å²) < 4.78 is 6.05. The Hall–Kier alpha value is -3.47. The van der Waals surface area contributed by atoms with E-state index in [9.17, 15) is 10.2 Å². The lowest BCUT2D eigenvalue weighted by atomic mass is 9.92. The number of phenolic OH excluding ortho intramolecular Hbond substituents is 2. The van der Waals surface area contributed by atoms with Crippen LogP contribution in [0.25, 0.3) is 17.7 Å². The molecular weight excluding hydrogens is 340 g/mol. The molecule has 0 saturated carbocycles. The van der Waals surface area contributed by atoms with Crippen molar-refractivity contribution < 1.29 is 14.9 Å². The molecule has 1 aliphatic heterocycles. The minimum absolute atomic E-state index is 0.00415. The summed E-state index contributed by atoms with van der Waals surface area (Å²) in [5, 5.41) is 21.8. The predicted molar refractivity (Wildman–Crippen MR) is 106 cm³/mol. The van der Waals surface area contributed by atoms with Crippen LogP contribution in [-0.4, -0.2) is 10.2 Å². The molecule has 0 unspecified atom stereocenters. The van der Waals surface area contributed by atoms with E-state index in [0.717, 1.165) is 27.3 Å². The molecule has 1 heterocycles. The number of nitrogens with zero attached hydrogens (tertiary/aromatic N) is 1. The number of ether oxygens (including phenoxy) is 1. The third kappa shape index (κ3) is 2.59. The van der Waals surface area contributed by atoms with E-state index in [1.807, 2.05) is 32.9 Å². The zero-order valence-corrected chi connectivity index (χ0v) is 15.4. The molecule has 0 aromatic heterocycles. The van der Waals surface area contributed by atoms with Crippen LogP contribution in [0.15, 0.2) is 35.3 Å². The SMILES string of the molecule is C=c1cc(C)c2c(c1)Oc1cc(N)c(-c3c(C)cc(O)cc3O)c(C)c1N=2. The fraction of sp³-hybridized carbons (Fsp3) is 0.136. The summed E-state index contributed by atoms with van der Waals surface area (Å²) in [5.74, 6) is 1.20. The molecule has 0 spiro atoms. The maximum absolute atomic E-state index is 10.4. The number of aryl methyl sites for hydroxylation is 2. The van der Waals surface area contributed by atoms with Gasteiger partial charge in [0.15, 0.2) is 11.5 Å². The Morgan fingerprint density at radius 2 is 1.67 bits per heavy atom. The normalized spacial score (nSPS) is 12.0. The first-order valence-electron chi connectivity index (χ1n) is 8.58. The lowest BCUT2D eigenvalue weighted by Gasteiger charge is -2.21. The number of nitrogens with two attached hydrogens (primary N) is 1. The van der Waals surface area contributed by atoms with E-state index < -0.39 is 0 Å². The van der Waals surface area contributed by atoms with Gasteiger partial charge in [0.25, 0.3) is 0 Å². The topological polar surface area (TPSA) is 88.1 Å². The van der Waals surface area contributed by atoms with Gasteiger partial charge in [-0.1, -0.05) is 12.6 Å². The molecule has 0 saturated heterocycles. The number of hydrogen-bond donors (Lipinski definition) is 3. The lowest BCUT2D eigenvalue weighted by molar-refractivity contribution is 0.451. The van der Waals surface area contributed by atoms with Crippen molar-refractivity contribution in [3.05, 3.63) is 57.6 Å². The average Bonchev–Trinajstić information content (AvgIpc) is 2.55. The first kappa shape index (κ1) is 17.0. The van der Waals surface area contributed by atoms with Crippen LogP contribution in [0.4, 0.5) is 11.4 Å².